The number of anilines is 11. The van der Waals surface area contributed by atoms with Crippen molar-refractivity contribution in [1.29, 1.82) is 0 Å². The Bertz CT molecular complexity index is 2140. The number of pyridine rings is 1. The molecule has 0 atom stereocenters. The molecule has 0 aliphatic rings. The van der Waals surface area contributed by atoms with Gasteiger partial charge in [-0.15, -0.1) is 0 Å². The van der Waals surface area contributed by atoms with Crippen LogP contribution in [0.15, 0.2) is 218 Å². The summed E-state index contributed by atoms with van der Waals surface area (Å²) in [6.45, 7) is 0. The van der Waals surface area contributed by atoms with E-state index in [1.807, 2.05) is 36.4 Å². The smallest absolute Gasteiger partial charge is 0.142 e. The zero-order valence-corrected chi connectivity index (χ0v) is 28.6. The van der Waals surface area contributed by atoms with Gasteiger partial charge in [-0.25, -0.2) is 4.98 Å². The zero-order valence-electron chi connectivity index (χ0n) is 28.6. The molecular weight excluding hydrogens is 635 g/mol. The van der Waals surface area contributed by atoms with Gasteiger partial charge in [0.25, 0.3) is 0 Å². The van der Waals surface area contributed by atoms with Gasteiger partial charge in [-0.2, -0.15) is 0 Å². The van der Waals surface area contributed by atoms with Crippen LogP contribution in [0.4, 0.5) is 62.8 Å². The number of para-hydroxylation sites is 6. The molecule has 1 N–H and O–H groups in total. The van der Waals surface area contributed by atoms with Crippen LogP contribution in [0.5, 0.6) is 0 Å². The van der Waals surface area contributed by atoms with Crippen LogP contribution in [0.25, 0.3) is 0 Å². The van der Waals surface area contributed by atoms with Crippen molar-refractivity contribution in [3.8, 4) is 0 Å². The number of nitrogens with zero attached hydrogens (tertiary/aromatic N) is 4. The summed E-state index contributed by atoms with van der Waals surface area (Å²) >= 11 is 0. The van der Waals surface area contributed by atoms with E-state index in [2.05, 4.69) is 202 Å². The zero-order chi connectivity index (χ0) is 35.0. The lowest BCUT2D eigenvalue weighted by atomic mass is 10.1. The average molecular weight is 672 g/mol. The molecule has 0 aliphatic heterocycles. The molecule has 0 radical (unpaired) electrons. The number of hydrogen-bond donors (Lipinski definition) is 1. The van der Waals surface area contributed by atoms with Crippen molar-refractivity contribution in [3.05, 3.63) is 218 Å². The van der Waals surface area contributed by atoms with E-state index in [1.54, 1.807) is 0 Å². The number of rotatable bonds is 11. The van der Waals surface area contributed by atoms with Gasteiger partial charge in [0, 0.05) is 57.6 Å². The molecular formula is C47H37N5. The molecule has 0 aliphatic carbocycles. The van der Waals surface area contributed by atoms with Crippen LogP contribution in [0.3, 0.4) is 0 Å². The molecule has 52 heavy (non-hydrogen) atoms. The molecule has 8 aromatic rings. The van der Waals surface area contributed by atoms with Crippen LogP contribution in [-0.4, -0.2) is 4.98 Å². The van der Waals surface area contributed by atoms with Gasteiger partial charge in [0.1, 0.15) is 11.6 Å². The Morgan fingerprint density at radius 1 is 0.269 bits per heavy atom. The van der Waals surface area contributed by atoms with Gasteiger partial charge in [0.15, 0.2) is 0 Å². The SMILES string of the molecule is c1ccc(Nc2cccc(N(c3ccccc3)c3cc(N(c4ccccc4)c4ccccc4)cc(N(c4ccccc4)c4ccccc4)n3)c2)cc1. The standard InChI is InChI=1S/C47H37N5/c1-7-20-37(21-8-1)48-38-22-19-33-44(34-38)52(43-31-17-6-18-32-43)47-36-45(50(39-23-9-2-10-24-39)40-25-11-3-12-26-40)35-46(49-47)51(41-27-13-4-14-28-41)42-29-15-5-16-30-42/h1-36,48H. The number of hydrogen-bond acceptors (Lipinski definition) is 5. The first-order chi connectivity index (χ1) is 25.8. The quantitative estimate of drug-likeness (QED) is 0.148. The average Bonchev–Trinajstić information content (AvgIpc) is 3.21. The molecule has 5 nitrogen and oxygen atoms in total. The lowest BCUT2D eigenvalue weighted by Gasteiger charge is -2.32. The monoisotopic (exact) mass is 671 g/mol. The summed E-state index contributed by atoms with van der Waals surface area (Å²) in [4.78, 5) is 12.3. The maximum atomic E-state index is 5.53. The first-order valence-electron chi connectivity index (χ1n) is 17.4. The van der Waals surface area contributed by atoms with Crippen LogP contribution in [0, 0.1) is 0 Å². The van der Waals surface area contributed by atoms with Gasteiger partial charge in [0.2, 0.25) is 0 Å². The first-order valence-corrected chi connectivity index (χ1v) is 17.4. The molecule has 0 bridgehead atoms. The maximum absolute atomic E-state index is 5.53. The summed E-state index contributed by atoms with van der Waals surface area (Å²) in [6.07, 6.45) is 0. The fourth-order valence-corrected chi connectivity index (χ4v) is 6.42. The molecule has 0 saturated carbocycles. The molecule has 1 heterocycles. The summed E-state index contributed by atoms with van der Waals surface area (Å²) in [7, 11) is 0. The van der Waals surface area contributed by atoms with Crippen LogP contribution >= 0.6 is 0 Å². The van der Waals surface area contributed by atoms with Crippen molar-refractivity contribution in [2.24, 2.45) is 0 Å². The third-order valence-electron chi connectivity index (χ3n) is 8.74. The van der Waals surface area contributed by atoms with Gasteiger partial charge >= 0.3 is 0 Å². The van der Waals surface area contributed by atoms with E-state index in [0.29, 0.717) is 0 Å². The Hall–Kier alpha value is -7.11. The summed E-state index contributed by atoms with van der Waals surface area (Å²) in [5, 5.41) is 3.58. The minimum absolute atomic E-state index is 0.768. The van der Waals surface area contributed by atoms with Crippen LogP contribution in [0.1, 0.15) is 0 Å². The molecule has 0 spiro atoms. The molecule has 8 rings (SSSR count). The number of aromatic nitrogens is 1. The number of benzene rings is 7. The Morgan fingerprint density at radius 3 is 1.02 bits per heavy atom. The van der Waals surface area contributed by atoms with E-state index in [1.165, 1.54) is 0 Å². The van der Waals surface area contributed by atoms with Crippen LogP contribution in [0.2, 0.25) is 0 Å². The third kappa shape index (κ3) is 7.11. The first kappa shape index (κ1) is 32.1. The highest BCUT2D eigenvalue weighted by atomic mass is 15.3. The fourth-order valence-electron chi connectivity index (χ4n) is 6.42. The van der Waals surface area contributed by atoms with Crippen molar-refractivity contribution in [2.75, 3.05) is 20.0 Å². The predicted octanol–water partition coefficient (Wildman–Crippen LogP) is 13.2. The van der Waals surface area contributed by atoms with Crippen molar-refractivity contribution >= 4 is 62.8 Å². The molecule has 7 aromatic carbocycles. The van der Waals surface area contributed by atoms with Crippen LogP contribution in [-0.2, 0) is 0 Å². The van der Waals surface area contributed by atoms with Gasteiger partial charge in [-0.3, -0.25) is 9.80 Å². The second-order valence-electron chi connectivity index (χ2n) is 12.3. The summed E-state index contributed by atoms with van der Waals surface area (Å²) in [5.41, 5.74) is 9.04. The number of nitrogens with one attached hydrogen (secondary N) is 1. The third-order valence-corrected chi connectivity index (χ3v) is 8.74. The largest absolute Gasteiger partial charge is 0.355 e. The van der Waals surface area contributed by atoms with E-state index < -0.39 is 0 Å². The highest BCUT2D eigenvalue weighted by molar-refractivity contribution is 5.86. The normalized spacial score (nSPS) is 10.7. The molecule has 0 fully saturated rings. The van der Waals surface area contributed by atoms with E-state index in [-0.39, 0.29) is 0 Å². The topological polar surface area (TPSA) is 34.6 Å². The minimum atomic E-state index is 0.768. The Balaban J connectivity index is 1.38. The molecule has 0 unspecified atom stereocenters. The predicted molar refractivity (Wildman–Crippen MR) is 218 cm³/mol. The van der Waals surface area contributed by atoms with Crippen molar-refractivity contribution < 1.29 is 0 Å². The fraction of sp³-hybridized carbons (Fsp3) is 0. The molecule has 250 valence electrons. The molecule has 0 amide bonds. The van der Waals surface area contributed by atoms with E-state index >= 15 is 0 Å². The Morgan fingerprint density at radius 2 is 0.596 bits per heavy atom. The van der Waals surface area contributed by atoms with Gasteiger partial charge < -0.3 is 10.2 Å². The molecule has 5 heteroatoms. The lowest BCUT2D eigenvalue weighted by Crippen LogP contribution is -2.18. The second-order valence-corrected chi connectivity index (χ2v) is 12.3. The molecule has 0 saturated heterocycles. The van der Waals surface area contributed by atoms with E-state index in [9.17, 15) is 0 Å². The van der Waals surface area contributed by atoms with E-state index in [4.69, 9.17) is 4.98 Å². The van der Waals surface area contributed by atoms with Gasteiger partial charge in [-0.1, -0.05) is 115 Å². The lowest BCUT2D eigenvalue weighted by molar-refractivity contribution is 1.12. The van der Waals surface area contributed by atoms with Gasteiger partial charge in [0.05, 0.1) is 5.69 Å². The van der Waals surface area contributed by atoms with Crippen molar-refractivity contribution in [3.63, 3.8) is 0 Å². The summed E-state index contributed by atoms with van der Waals surface area (Å²) in [5.74, 6) is 1.55. The summed E-state index contributed by atoms with van der Waals surface area (Å²) in [6, 6.07) is 75.4. The van der Waals surface area contributed by atoms with Crippen LogP contribution < -0.4 is 20.0 Å². The summed E-state index contributed by atoms with van der Waals surface area (Å²) < 4.78 is 0. The Kier molecular flexibility index (Phi) is 9.39. The van der Waals surface area contributed by atoms with Crippen molar-refractivity contribution in [1.82, 2.24) is 4.98 Å². The maximum Gasteiger partial charge on any atom is 0.142 e. The minimum Gasteiger partial charge on any atom is -0.355 e. The molecule has 1 aromatic heterocycles. The van der Waals surface area contributed by atoms with Crippen molar-refractivity contribution in [2.45, 2.75) is 0 Å². The van der Waals surface area contributed by atoms with E-state index in [0.717, 1.165) is 62.8 Å². The Labute approximate surface area is 305 Å². The second kappa shape index (κ2) is 15.2. The highest BCUT2D eigenvalue weighted by Crippen LogP contribution is 2.44. The van der Waals surface area contributed by atoms with Gasteiger partial charge in [-0.05, 0) is 91.0 Å². The highest BCUT2D eigenvalue weighted by Gasteiger charge is 2.23.